The van der Waals surface area contributed by atoms with Crippen molar-refractivity contribution in [2.24, 2.45) is 23.2 Å². The van der Waals surface area contributed by atoms with Crippen molar-refractivity contribution in [2.75, 3.05) is 13.6 Å². The van der Waals surface area contributed by atoms with Gasteiger partial charge in [-0.2, -0.15) is 0 Å². The van der Waals surface area contributed by atoms with Gasteiger partial charge in [-0.05, 0) is 48.6 Å². The fourth-order valence-electron chi connectivity index (χ4n) is 6.13. The number of thioether (sulfide) groups is 1. The van der Waals surface area contributed by atoms with E-state index < -0.39 is 6.10 Å². The van der Waals surface area contributed by atoms with Crippen molar-refractivity contribution in [1.82, 2.24) is 9.88 Å². The van der Waals surface area contributed by atoms with Gasteiger partial charge in [0.1, 0.15) is 5.01 Å². The number of amides is 1. The minimum Gasteiger partial charge on any atom is -0.392 e. The van der Waals surface area contributed by atoms with Crippen LogP contribution in [-0.4, -0.2) is 40.6 Å². The SMILES string of the molecule is C=CCN(C)C(=O)[C@@H](C)[C@H]1CC[C@@]2(C)Cc3sc(CSc4ccccc4)nc3[C@@H](C)[C@@H]2[C@H]1O. The average Bonchev–Trinajstić information content (AvgIpc) is 3.20. The lowest BCUT2D eigenvalue weighted by Crippen LogP contribution is -2.53. The Bertz CT molecular complexity index is 991. The molecule has 0 unspecified atom stereocenters. The van der Waals surface area contributed by atoms with E-state index in [4.69, 9.17) is 4.98 Å². The Morgan fingerprint density at radius 1 is 1.42 bits per heavy atom. The predicted molar refractivity (Wildman–Crippen MR) is 138 cm³/mol. The molecule has 0 radical (unpaired) electrons. The van der Waals surface area contributed by atoms with Crippen molar-refractivity contribution in [3.63, 3.8) is 0 Å². The zero-order valence-corrected chi connectivity index (χ0v) is 21.8. The summed E-state index contributed by atoms with van der Waals surface area (Å²) in [5, 5.41) is 12.8. The van der Waals surface area contributed by atoms with Gasteiger partial charge < -0.3 is 10.0 Å². The summed E-state index contributed by atoms with van der Waals surface area (Å²) in [7, 11) is 1.82. The first-order valence-electron chi connectivity index (χ1n) is 12.0. The molecule has 2 aliphatic rings. The van der Waals surface area contributed by atoms with Gasteiger partial charge in [0, 0.05) is 35.2 Å². The molecule has 2 aliphatic carbocycles. The number of benzene rings is 1. The second kappa shape index (κ2) is 9.93. The summed E-state index contributed by atoms with van der Waals surface area (Å²) in [6.45, 7) is 10.8. The maximum Gasteiger partial charge on any atom is 0.225 e. The number of aromatic nitrogens is 1. The number of rotatable bonds is 7. The fourth-order valence-corrected chi connectivity index (χ4v) is 8.42. The number of likely N-dealkylation sites (N-methyl/N-ethyl adjacent to an activating group) is 1. The minimum atomic E-state index is -0.494. The summed E-state index contributed by atoms with van der Waals surface area (Å²) < 4.78 is 0. The van der Waals surface area contributed by atoms with Crippen LogP contribution in [0.2, 0.25) is 0 Å². The fraction of sp³-hybridized carbons (Fsp3) is 0.556. The molecule has 1 heterocycles. The topological polar surface area (TPSA) is 53.4 Å². The van der Waals surface area contributed by atoms with E-state index in [0.29, 0.717) is 6.54 Å². The number of aliphatic hydroxyl groups is 1. The van der Waals surface area contributed by atoms with Gasteiger partial charge in [-0.15, -0.1) is 29.7 Å². The molecule has 1 aromatic carbocycles. The van der Waals surface area contributed by atoms with Gasteiger partial charge in [0.05, 0.1) is 17.6 Å². The quantitative estimate of drug-likeness (QED) is 0.400. The van der Waals surface area contributed by atoms with Crippen LogP contribution in [0.15, 0.2) is 47.9 Å². The molecule has 1 saturated carbocycles. The number of fused-ring (bicyclic) bond motifs is 2. The summed E-state index contributed by atoms with van der Waals surface area (Å²) in [5.41, 5.74) is 1.22. The lowest BCUT2D eigenvalue weighted by Gasteiger charge is -2.53. The predicted octanol–water partition coefficient (Wildman–Crippen LogP) is 5.77. The number of carbonyl (C=O) groups excluding carboxylic acids is 1. The smallest absolute Gasteiger partial charge is 0.225 e. The number of carbonyl (C=O) groups is 1. The van der Waals surface area contributed by atoms with Crippen LogP contribution in [0.5, 0.6) is 0 Å². The highest BCUT2D eigenvalue weighted by Crippen LogP contribution is 2.57. The molecular formula is C27H36N2O2S2. The molecule has 1 aromatic heterocycles. The van der Waals surface area contributed by atoms with E-state index in [2.05, 4.69) is 44.7 Å². The molecule has 0 saturated heterocycles. The van der Waals surface area contributed by atoms with Gasteiger partial charge in [-0.25, -0.2) is 4.98 Å². The van der Waals surface area contributed by atoms with E-state index in [9.17, 15) is 9.90 Å². The van der Waals surface area contributed by atoms with Gasteiger partial charge in [-0.1, -0.05) is 45.0 Å². The second-order valence-corrected chi connectivity index (χ2v) is 12.4. The number of hydrogen-bond acceptors (Lipinski definition) is 5. The first-order chi connectivity index (χ1) is 15.7. The maximum absolute atomic E-state index is 12.9. The Kier molecular flexibility index (Phi) is 7.37. The number of thiazole rings is 1. The summed E-state index contributed by atoms with van der Waals surface area (Å²) in [4.78, 5) is 22.4. The summed E-state index contributed by atoms with van der Waals surface area (Å²) in [6.07, 6.45) is 4.16. The first kappa shape index (κ1) is 24.5. The minimum absolute atomic E-state index is 0.0152. The molecule has 6 heteroatoms. The van der Waals surface area contributed by atoms with E-state index in [1.165, 1.54) is 20.5 Å². The third kappa shape index (κ3) is 4.80. The number of nitrogens with zero attached hydrogens (tertiary/aromatic N) is 2. The molecule has 1 amide bonds. The Labute approximate surface area is 206 Å². The normalized spacial score (nSPS) is 29.6. The molecule has 178 valence electrons. The number of hydrogen-bond donors (Lipinski definition) is 1. The van der Waals surface area contributed by atoms with Crippen molar-refractivity contribution >= 4 is 29.0 Å². The van der Waals surface area contributed by atoms with Crippen molar-refractivity contribution in [3.05, 3.63) is 58.6 Å². The van der Waals surface area contributed by atoms with Crippen LogP contribution in [0.25, 0.3) is 0 Å². The van der Waals surface area contributed by atoms with E-state index >= 15 is 0 Å². The van der Waals surface area contributed by atoms with Crippen LogP contribution in [0, 0.1) is 23.2 Å². The average molecular weight is 485 g/mol. The zero-order chi connectivity index (χ0) is 23.8. The van der Waals surface area contributed by atoms with Crippen molar-refractivity contribution in [2.45, 2.75) is 62.7 Å². The van der Waals surface area contributed by atoms with E-state index in [1.807, 2.05) is 43.1 Å². The van der Waals surface area contributed by atoms with Crippen LogP contribution in [0.1, 0.15) is 55.1 Å². The van der Waals surface area contributed by atoms with Crippen molar-refractivity contribution in [1.29, 1.82) is 0 Å². The molecule has 4 nitrogen and oxygen atoms in total. The highest BCUT2D eigenvalue weighted by Gasteiger charge is 2.54. The number of aliphatic hydroxyl groups excluding tert-OH is 1. The van der Waals surface area contributed by atoms with Gasteiger partial charge in [-0.3, -0.25) is 4.79 Å². The maximum atomic E-state index is 12.9. The highest BCUT2D eigenvalue weighted by atomic mass is 32.2. The lowest BCUT2D eigenvalue weighted by molar-refractivity contribution is -0.143. The molecule has 33 heavy (non-hydrogen) atoms. The largest absolute Gasteiger partial charge is 0.392 e. The van der Waals surface area contributed by atoms with Crippen molar-refractivity contribution in [3.8, 4) is 0 Å². The van der Waals surface area contributed by atoms with Crippen LogP contribution in [-0.2, 0) is 17.0 Å². The molecule has 4 rings (SSSR count). The summed E-state index contributed by atoms with van der Waals surface area (Å²) >= 11 is 3.68. The summed E-state index contributed by atoms with van der Waals surface area (Å²) in [5.74, 6) is 1.08. The standard InChI is InChI=1S/C27H36N2O2S2/c1-6-14-29(5)26(31)17(2)20-12-13-27(4)15-21-24(18(3)23(27)25(20)30)28-22(33-21)16-32-19-10-8-7-9-11-19/h6-11,17-18,20,23,25,30H,1,12-16H2,2-5H3/t17-,18-,20+,23+,25-,27-/m0/s1. The summed E-state index contributed by atoms with van der Waals surface area (Å²) in [6, 6.07) is 10.5. The van der Waals surface area contributed by atoms with Crippen LogP contribution in [0.3, 0.4) is 0 Å². The highest BCUT2D eigenvalue weighted by molar-refractivity contribution is 7.98. The second-order valence-electron chi connectivity index (χ2n) is 10.2. The Balaban J connectivity index is 1.52. The Morgan fingerprint density at radius 3 is 2.85 bits per heavy atom. The monoisotopic (exact) mass is 484 g/mol. The third-order valence-corrected chi connectivity index (χ3v) is 10.2. The molecule has 2 aromatic rings. The lowest BCUT2D eigenvalue weighted by atomic mass is 9.53. The van der Waals surface area contributed by atoms with Crippen LogP contribution >= 0.6 is 23.1 Å². The Morgan fingerprint density at radius 2 is 2.15 bits per heavy atom. The van der Waals surface area contributed by atoms with Crippen LogP contribution < -0.4 is 0 Å². The third-order valence-electron chi connectivity index (χ3n) is 7.88. The van der Waals surface area contributed by atoms with E-state index in [1.54, 1.807) is 11.0 Å². The molecule has 0 aliphatic heterocycles. The van der Waals surface area contributed by atoms with Crippen LogP contribution in [0.4, 0.5) is 0 Å². The Hall–Kier alpha value is -1.63. The zero-order valence-electron chi connectivity index (χ0n) is 20.2. The van der Waals surface area contributed by atoms with Gasteiger partial charge in [0.25, 0.3) is 0 Å². The van der Waals surface area contributed by atoms with E-state index in [-0.39, 0.29) is 35.0 Å². The van der Waals surface area contributed by atoms with Gasteiger partial charge in [0.2, 0.25) is 5.91 Å². The first-order valence-corrected chi connectivity index (χ1v) is 13.8. The van der Waals surface area contributed by atoms with E-state index in [0.717, 1.165) is 25.0 Å². The van der Waals surface area contributed by atoms with Crippen molar-refractivity contribution < 1.29 is 9.90 Å². The molecule has 6 atom stereocenters. The molecular weight excluding hydrogens is 448 g/mol. The molecule has 0 bridgehead atoms. The molecule has 1 fully saturated rings. The molecule has 1 N–H and O–H groups in total. The molecule has 0 spiro atoms. The van der Waals surface area contributed by atoms with Gasteiger partial charge >= 0.3 is 0 Å². The van der Waals surface area contributed by atoms with Gasteiger partial charge in [0.15, 0.2) is 0 Å².